The van der Waals surface area contributed by atoms with Crippen LogP contribution in [0.2, 0.25) is 0 Å². The van der Waals surface area contributed by atoms with Crippen LogP contribution in [0.4, 0.5) is 5.69 Å². The van der Waals surface area contributed by atoms with Gasteiger partial charge < -0.3 is 25.2 Å². The van der Waals surface area contributed by atoms with E-state index in [-0.39, 0.29) is 34.3 Å². The number of aryl methyl sites for hydroxylation is 1. The summed E-state index contributed by atoms with van der Waals surface area (Å²) < 4.78 is 33.7. The second kappa shape index (κ2) is 13.1. The number of nitrogens with one attached hydrogen (secondary N) is 3. The fourth-order valence-electron chi connectivity index (χ4n) is 4.05. The summed E-state index contributed by atoms with van der Waals surface area (Å²) >= 11 is 0. The number of anilines is 1. The maximum Gasteiger partial charge on any atom is 0.272 e. The fraction of sp³-hybridized carbons (Fsp3) is 0.583. The molecule has 38 heavy (non-hydrogen) atoms. The van der Waals surface area contributed by atoms with Crippen LogP contribution in [0.1, 0.15) is 47.3 Å². The van der Waals surface area contributed by atoms with Crippen LogP contribution in [0.25, 0.3) is 0 Å². The summed E-state index contributed by atoms with van der Waals surface area (Å²) in [7, 11) is -0.0644. The molecule has 3 heterocycles. The number of sulfonamides is 1. The van der Waals surface area contributed by atoms with Gasteiger partial charge in [0.25, 0.3) is 11.8 Å². The number of ether oxygens (including phenoxy) is 1. The first-order valence-electron chi connectivity index (χ1n) is 12.8. The summed E-state index contributed by atoms with van der Waals surface area (Å²) in [5, 5.41) is 12.3. The maximum absolute atomic E-state index is 13.4. The SMILES string of the molecule is CCOc1ncc(S(=O)(=O)N2CCN(CC)CC2)cc1NC(=O)c1c(C(=O)NCCN(C)C)n[nH]c1CC. The van der Waals surface area contributed by atoms with Crippen LogP contribution in [0.3, 0.4) is 0 Å². The van der Waals surface area contributed by atoms with Crippen molar-refractivity contribution in [2.45, 2.75) is 32.1 Å². The van der Waals surface area contributed by atoms with Crippen molar-refractivity contribution in [3.05, 3.63) is 29.2 Å². The van der Waals surface area contributed by atoms with E-state index in [1.54, 1.807) is 6.92 Å². The zero-order chi connectivity index (χ0) is 27.9. The van der Waals surface area contributed by atoms with Gasteiger partial charge in [-0.1, -0.05) is 13.8 Å². The first kappa shape index (κ1) is 29.5. The molecule has 3 N–H and O–H groups in total. The molecule has 0 atom stereocenters. The number of rotatable bonds is 12. The summed E-state index contributed by atoms with van der Waals surface area (Å²) in [5.74, 6) is -1.03. The smallest absolute Gasteiger partial charge is 0.272 e. The Morgan fingerprint density at radius 3 is 2.45 bits per heavy atom. The van der Waals surface area contributed by atoms with Gasteiger partial charge in [0.05, 0.1) is 18.4 Å². The van der Waals surface area contributed by atoms with Gasteiger partial charge >= 0.3 is 0 Å². The molecule has 2 aromatic heterocycles. The number of carbonyl (C=O) groups excluding carboxylic acids is 2. The lowest BCUT2D eigenvalue weighted by atomic mass is 10.1. The van der Waals surface area contributed by atoms with Crippen molar-refractivity contribution < 1.29 is 22.7 Å². The Bertz CT molecular complexity index is 1220. The number of aromatic nitrogens is 3. The molecule has 0 bridgehead atoms. The Morgan fingerprint density at radius 1 is 1.13 bits per heavy atom. The van der Waals surface area contributed by atoms with Gasteiger partial charge in [-0.25, -0.2) is 13.4 Å². The van der Waals surface area contributed by atoms with E-state index in [0.29, 0.717) is 51.4 Å². The van der Waals surface area contributed by atoms with Crippen molar-refractivity contribution in [1.29, 1.82) is 0 Å². The summed E-state index contributed by atoms with van der Waals surface area (Å²) in [6.07, 6.45) is 1.66. The third-order valence-electron chi connectivity index (χ3n) is 6.25. The summed E-state index contributed by atoms with van der Waals surface area (Å²) in [6, 6.07) is 1.35. The van der Waals surface area contributed by atoms with Gasteiger partial charge in [0, 0.05) is 45.0 Å². The molecule has 2 amide bonds. The van der Waals surface area contributed by atoms with Gasteiger partial charge in [0.15, 0.2) is 5.69 Å². The summed E-state index contributed by atoms with van der Waals surface area (Å²) in [4.78, 5) is 34.5. The largest absolute Gasteiger partial charge is 0.476 e. The Labute approximate surface area is 224 Å². The van der Waals surface area contributed by atoms with Gasteiger partial charge in [0.1, 0.15) is 10.6 Å². The highest BCUT2D eigenvalue weighted by atomic mass is 32.2. The number of hydrogen-bond acceptors (Lipinski definition) is 9. The average molecular weight is 551 g/mol. The number of aromatic amines is 1. The van der Waals surface area contributed by atoms with Crippen LogP contribution < -0.4 is 15.4 Å². The minimum atomic E-state index is -3.84. The molecule has 13 nitrogen and oxygen atoms in total. The Morgan fingerprint density at radius 2 is 1.84 bits per heavy atom. The first-order valence-corrected chi connectivity index (χ1v) is 14.2. The number of carbonyl (C=O) groups is 2. The minimum Gasteiger partial charge on any atom is -0.476 e. The third kappa shape index (κ3) is 6.87. The molecule has 3 rings (SSSR count). The van der Waals surface area contributed by atoms with Gasteiger partial charge in [-0.05, 0) is 40.1 Å². The standard InChI is InChI=1S/C24H38N8O5S/c1-6-18-20(21(29-28-18)23(34)25-9-10-30(4)5)22(33)27-19-15-17(16-26-24(19)37-8-3)38(35,36)32-13-11-31(7-2)12-14-32/h15-16H,6-14H2,1-5H3,(H,25,34)(H,27,33)(H,28,29). The summed E-state index contributed by atoms with van der Waals surface area (Å²) in [6.45, 7) is 9.76. The topological polar surface area (TPSA) is 153 Å². The molecule has 1 aliphatic rings. The zero-order valence-corrected chi connectivity index (χ0v) is 23.5. The quantitative estimate of drug-likeness (QED) is 0.345. The van der Waals surface area contributed by atoms with E-state index in [4.69, 9.17) is 4.74 Å². The molecule has 1 fully saturated rings. The average Bonchev–Trinajstić information content (AvgIpc) is 3.34. The highest BCUT2D eigenvalue weighted by Gasteiger charge is 2.30. The number of hydrogen-bond donors (Lipinski definition) is 3. The second-order valence-corrected chi connectivity index (χ2v) is 11.0. The van der Waals surface area contributed by atoms with Crippen molar-refractivity contribution in [3.63, 3.8) is 0 Å². The number of nitrogens with zero attached hydrogens (tertiary/aromatic N) is 5. The highest BCUT2D eigenvalue weighted by molar-refractivity contribution is 7.89. The molecular formula is C24H38N8O5S. The molecule has 0 radical (unpaired) electrons. The molecule has 0 spiro atoms. The van der Waals surface area contributed by atoms with Gasteiger partial charge in [-0.2, -0.15) is 9.40 Å². The molecule has 0 aromatic carbocycles. The molecule has 1 saturated heterocycles. The minimum absolute atomic E-state index is 0.0402. The third-order valence-corrected chi connectivity index (χ3v) is 8.12. The van der Waals surface area contributed by atoms with Crippen molar-refractivity contribution in [3.8, 4) is 5.88 Å². The monoisotopic (exact) mass is 550 g/mol. The predicted molar refractivity (Wildman–Crippen MR) is 143 cm³/mol. The van der Waals surface area contributed by atoms with Crippen LogP contribution in [-0.2, 0) is 16.4 Å². The molecule has 14 heteroatoms. The lowest BCUT2D eigenvalue weighted by Crippen LogP contribution is -2.48. The fourth-order valence-corrected chi connectivity index (χ4v) is 5.45. The molecule has 1 aliphatic heterocycles. The zero-order valence-electron chi connectivity index (χ0n) is 22.7. The van der Waals surface area contributed by atoms with E-state index >= 15 is 0 Å². The van der Waals surface area contributed by atoms with Gasteiger partial charge in [0.2, 0.25) is 15.9 Å². The Kier molecular flexibility index (Phi) is 10.2. The van der Waals surface area contributed by atoms with Crippen molar-refractivity contribution in [1.82, 2.24) is 34.6 Å². The van der Waals surface area contributed by atoms with Crippen LogP contribution >= 0.6 is 0 Å². The van der Waals surface area contributed by atoms with E-state index in [2.05, 4.69) is 30.7 Å². The van der Waals surface area contributed by atoms with Crippen LogP contribution in [0.5, 0.6) is 5.88 Å². The maximum atomic E-state index is 13.4. The van der Waals surface area contributed by atoms with E-state index < -0.39 is 21.8 Å². The predicted octanol–water partition coefficient (Wildman–Crippen LogP) is 0.636. The second-order valence-electron chi connectivity index (χ2n) is 9.09. The Balaban J connectivity index is 1.89. The van der Waals surface area contributed by atoms with Crippen molar-refractivity contribution in [2.24, 2.45) is 0 Å². The number of likely N-dealkylation sites (N-methyl/N-ethyl adjacent to an activating group) is 2. The van der Waals surface area contributed by atoms with Gasteiger partial charge in [-0.15, -0.1) is 0 Å². The van der Waals surface area contributed by atoms with E-state index in [9.17, 15) is 18.0 Å². The van der Waals surface area contributed by atoms with E-state index in [1.165, 1.54) is 16.6 Å². The van der Waals surface area contributed by atoms with Crippen molar-refractivity contribution >= 4 is 27.5 Å². The highest BCUT2D eigenvalue weighted by Crippen LogP contribution is 2.28. The number of pyridine rings is 1. The van der Waals surface area contributed by atoms with E-state index in [1.807, 2.05) is 32.8 Å². The van der Waals surface area contributed by atoms with Crippen LogP contribution in [0.15, 0.2) is 17.2 Å². The molecular weight excluding hydrogens is 512 g/mol. The van der Waals surface area contributed by atoms with E-state index in [0.717, 1.165) is 6.54 Å². The number of piperazine rings is 1. The van der Waals surface area contributed by atoms with Crippen molar-refractivity contribution in [2.75, 3.05) is 71.8 Å². The number of amides is 2. The number of H-pyrrole nitrogens is 1. The van der Waals surface area contributed by atoms with Gasteiger partial charge in [-0.3, -0.25) is 14.7 Å². The molecule has 0 aliphatic carbocycles. The normalized spacial score (nSPS) is 15.0. The molecule has 0 unspecified atom stereocenters. The van der Waals surface area contributed by atoms with Crippen LogP contribution in [0, 0.1) is 0 Å². The molecule has 0 saturated carbocycles. The molecule has 210 valence electrons. The summed E-state index contributed by atoms with van der Waals surface area (Å²) in [5.41, 5.74) is 0.610. The first-order chi connectivity index (χ1) is 18.1. The lowest BCUT2D eigenvalue weighted by Gasteiger charge is -2.33. The molecule has 2 aromatic rings. The lowest BCUT2D eigenvalue weighted by molar-refractivity contribution is 0.0933. The Hall–Kier alpha value is -3.07. The van der Waals surface area contributed by atoms with Crippen LogP contribution in [-0.4, -0.2) is 116 Å².